The van der Waals surface area contributed by atoms with Crippen molar-refractivity contribution in [1.82, 2.24) is 4.90 Å². The normalized spacial score (nSPS) is 24.8. The Bertz CT molecular complexity index is 462. The van der Waals surface area contributed by atoms with Crippen LogP contribution in [0.1, 0.15) is 13.8 Å². The molecule has 1 aliphatic heterocycles. The van der Waals surface area contributed by atoms with Crippen LogP contribution in [0.15, 0.2) is 18.2 Å². The highest BCUT2D eigenvalue weighted by Crippen LogP contribution is 2.27. The number of halogens is 2. The summed E-state index contributed by atoms with van der Waals surface area (Å²) in [5.74, 6) is 0.531. The van der Waals surface area contributed by atoms with Gasteiger partial charge in [0.25, 0.3) is 0 Å². The summed E-state index contributed by atoms with van der Waals surface area (Å²) >= 11 is 11.9. The average Bonchev–Trinajstić information content (AvgIpc) is 2.36. The molecule has 2 rings (SSSR count). The number of rotatable bonds is 5. The van der Waals surface area contributed by atoms with Crippen molar-refractivity contribution in [3.8, 4) is 5.75 Å². The number of nitrogens with zero attached hydrogens (tertiary/aromatic N) is 1. The Morgan fingerprint density at radius 3 is 2.62 bits per heavy atom. The first-order chi connectivity index (χ1) is 9.94. The van der Waals surface area contributed by atoms with E-state index >= 15 is 0 Å². The SMILES string of the molecule is C[C@@H]1CN(C[C@@H](O)COc2ccc(Cl)cc2Cl)C[C@H](C)O1. The van der Waals surface area contributed by atoms with E-state index in [4.69, 9.17) is 32.7 Å². The standard InChI is InChI=1S/C15H21Cl2NO3/c1-10-6-18(7-11(2)21-10)8-13(19)9-20-15-4-3-12(16)5-14(15)17/h3-5,10-11,13,19H,6-9H2,1-2H3/t10-,11+,13-/m1/s1. The van der Waals surface area contributed by atoms with Crippen molar-refractivity contribution in [2.75, 3.05) is 26.2 Å². The van der Waals surface area contributed by atoms with E-state index in [1.807, 2.05) is 13.8 Å². The van der Waals surface area contributed by atoms with Gasteiger partial charge < -0.3 is 14.6 Å². The van der Waals surface area contributed by atoms with E-state index in [-0.39, 0.29) is 18.8 Å². The summed E-state index contributed by atoms with van der Waals surface area (Å²) in [4.78, 5) is 2.19. The quantitative estimate of drug-likeness (QED) is 0.899. The number of aliphatic hydroxyl groups is 1. The van der Waals surface area contributed by atoms with Gasteiger partial charge in [0.05, 0.1) is 17.2 Å². The fourth-order valence-corrected chi connectivity index (χ4v) is 3.03. The number of morpholine rings is 1. The number of hydrogen-bond acceptors (Lipinski definition) is 4. The third-order valence-corrected chi connectivity index (χ3v) is 3.82. The van der Waals surface area contributed by atoms with Gasteiger partial charge in [-0.2, -0.15) is 0 Å². The van der Waals surface area contributed by atoms with Crippen molar-refractivity contribution in [2.24, 2.45) is 0 Å². The van der Waals surface area contributed by atoms with Gasteiger partial charge in [-0.3, -0.25) is 4.90 Å². The number of aliphatic hydroxyl groups excluding tert-OH is 1. The number of β-amino-alcohol motifs (C(OH)–C–C–N with tert-alkyl or cyclic N) is 1. The van der Waals surface area contributed by atoms with Gasteiger partial charge in [0, 0.05) is 24.7 Å². The fourth-order valence-electron chi connectivity index (χ4n) is 2.56. The minimum atomic E-state index is -0.575. The van der Waals surface area contributed by atoms with Crippen LogP contribution in [-0.4, -0.2) is 54.6 Å². The highest BCUT2D eigenvalue weighted by molar-refractivity contribution is 6.35. The highest BCUT2D eigenvalue weighted by atomic mass is 35.5. The minimum Gasteiger partial charge on any atom is -0.489 e. The molecule has 6 heteroatoms. The van der Waals surface area contributed by atoms with Crippen LogP contribution < -0.4 is 4.74 Å². The Morgan fingerprint density at radius 2 is 2.00 bits per heavy atom. The zero-order valence-electron chi connectivity index (χ0n) is 12.3. The van der Waals surface area contributed by atoms with E-state index in [1.54, 1.807) is 18.2 Å². The fraction of sp³-hybridized carbons (Fsp3) is 0.600. The second-order valence-corrected chi connectivity index (χ2v) is 6.36. The molecule has 1 aliphatic rings. The summed E-state index contributed by atoms with van der Waals surface area (Å²) in [5.41, 5.74) is 0. The highest BCUT2D eigenvalue weighted by Gasteiger charge is 2.24. The molecule has 1 fully saturated rings. The van der Waals surface area contributed by atoms with E-state index in [1.165, 1.54) is 0 Å². The summed E-state index contributed by atoms with van der Waals surface area (Å²) < 4.78 is 11.2. The van der Waals surface area contributed by atoms with Crippen molar-refractivity contribution < 1.29 is 14.6 Å². The van der Waals surface area contributed by atoms with E-state index < -0.39 is 6.10 Å². The molecule has 4 nitrogen and oxygen atoms in total. The minimum absolute atomic E-state index is 0.188. The predicted molar refractivity (Wildman–Crippen MR) is 84.4 cm³/mol. The Labute approximate surface area is 135 Å². The molecule has 0 radical (unpaired) electrons. The number of ether oxygens (including phenoxy) is 2. The molecular formula is C15H21Cl2NO3. The maximum Gasteiger partial charge on any atom is 0.138 e. The molecule has 1 aromatic carbocycles. The molecular weight excluding hydrogens is 313 g/mol. The molecule has 0 aliphatic carbocycles. The van der Waals surface area contributed by atoms with Crippen molar-refractivity contribution in [2.45, 2.75) is 32.2 Å². The first kappa shape index (κ1) is 16.8. The van der Waals surface area contributed by atoms with Gasteiger partial charge in [-0.1, -0.05) is 23.2 Å². The predicted octanol–water partition coefficient (Wildman–Crippen LogP) is 2.84. The lowest BCUT2D eigenvalue weighted by Gasteiger charge is -2.36. The summed E-state index contributed by atoms with van der Waals surface area (Å²) in [6.45, 7) is 6.48. The molecule has 118 valence electrons. The van der Waals surface area contributed by atoms with Gasteiger partial charge in [-0.15, -0.1) is 0 Å². The molecule has 0 amide bonds. The smallest absolute Gasteiger partial charge is 0.138 e. The second-order valence-electron chi connectivity index (χ2n) is 5.52. The van der Waals surface area contributed by atoms with Crippen molar-refractivity contribution in [3.63, 3.8) is 0 Å². The molecule has 3 atom stereocenters. The molecule has 21 heavy (non-hydrogen) atoms. The average molecular weight is 334 g/mol. The van der Waals surface area contributed by atoms with Crippen LogP contribution in [0.25, 0.3) is 0 Å². The van der Waals surface area contributed by atoms with Crippen LogP contribution >= 0.6 is 23.2 Å². The Kier molecular flexibility index (Phi) is 6.14. The number of benzene rings is 1. The maximum absolute atomic E-state index is 10.1. The molecule has 1 aromatic rings. The summed E-state index contributed by atoms with van der Waals surface area (Å²) in [7, 11) is 0. The van der Waals surface area contributed by atoms with Crippen LogP contribution in [0.2, 0.25) is 10.0 Å². The van der Waals surface area contributed by atoms with Crippen LogP contribution in [0.4, 0.5) is 0 Å². The molecule has 0 saturated carbocycles. The molecule has 1 heterocycles. The first-order valence-electron chi connectivity index (χ1n) is 7.07. The number of hydrogen-bond donors (Lipinski definition) is 1. The van der Waals surface area contributed by atoms with E-state index in [2.05, 4.69) is 4.90 Å². The van der Waals surface area contributed by atoms with Crippen LogP contribution in [0, 0.1) is 0 Å². The first-order valence-corrected chi connectivity index (χ1v) is 7.83. The zero-order valence-corrected chi connectivity index (χ0v) is 13.8. The van der Waals surface area contributed by atoms with E-state index in [9.17, 15) is 5.11 Å². The molecule has 1 N–H and O–H groups in total. The summed E-state index contributed by atoms with van der Waals surface area (Å²) in [6, 6.07) is 5.03. The van der Waals surface area contributed by atoms with Gasteiger partial charge in [-0.05, 0) is 32.0 Å². The maximum atomic E-state index is 10.1. The van der Waals surface area contributed by atoms with Crippen LogP contribution in [0.5, 0.6) is 5.75 Å². The second kappa shape index (κ2) is 7.65. The van der Waals surface area contributed by atoms with Gasteiger partial charge in [-0.25, -0.2) is 0 Å². The van der Waals surface area contributed by atoms with Gasteiger partial charge >= 0.3 is 0 Å². The topological polar surface area (TPSA) is 41.9 Å². The molecule has 0 unspecified atom stereocenters. The van der Waals surface area contributed by atoms with Crippen molar-refractivity contribution in [1.29, 1.82) is 0 Å². The van der Waals surface area contributed by atoms with Crippen molar-refractivity contribution >= 4 is 23.2 Å². The monoisotopic (exact) mass is 333 g/mol. The Morgan fingerprint density at radius 1 is 1.33 bits per heavy atom. The lowest BCUT2D eigenvalue weighted by Crippen LogP contribution is -2.48. The largest absolute Gasteiger partial charge is 0.489 e. The Balaban J connectivity index is 1.80. The van der Waals surface area contributed by atoms with Crippen molar-refractivity contribution in [3.05, 3.63) is 28.2 Å². The van der Waals surface area contributed by atoms with Gasteiger partial charge in [0.1, 0.15) is 18.5 Å². The third kappa shape index (κ3) is 5.31. The summed E-state index contributed by atoms with van der Waals surface area (Å²) in [5, 5.41) is 11.1. The molecule has 1 saturated heterocycles. The molecule has 0 aromatic heterocycles. The zero-order chi connectivity index (χ0) is 15.4. The lowest BCUT2D eigenvalue weighted by molar-refractivity contribution is -0.0786. The van der Waals surface area contributed by atoms with E-state index in [0.29, 0.717) is 22.3 Å². The van der Waals surface area contributed by atoms with Crippen LogP contribution in [-0.2, 0) is 4.74 Å². The molecule has 0 spiro atoms. The molecule has 0 bridgehead atoms. The lowest BCUT2D eigenvalue weighted by atomic mass is 10.2. The summed E-state index contributed by atoms with van der Waals surface area (Å²) in [6.07, 6.45) is -0.200. The van der Waals surface area contributed by atoms with E-state index in [0.717, 1.165) is 13.1 Å². The Hall–Kier alpha value is -0.520. The van der Waals surface area contributed by atoms with Gasteiger partial charge in [0.2, 0.25) is 0 Å². The third-order valence-electron chi connectivity index (χ3n) is 3.29. The van der Waals surface area contributed by atoms with Crippen LogP contribution in [0.3, 0.4) is 0 Å². The van der Waals surface area contributed by atoms with Gasteiger partial charge in [0.15, 0.2) is 0 Å².